The molecular weight excluding hydrogens is 893 g/mol. The molecule has 0 aliphatic rings. The molecule has 0 aliphatic carbocycles. The van der Waals surface area contributed by atoms with Crippen molar-refractivity contribution in [3.63, 3.8) is 0 Å². The van der Waals surface area contributed by atoms with Gasteiger partial charge in [0.1, 0.15) is 33.5 Å². The second-order valence-electron chi connectivity index (χ2n) is 18.8. The summed E-state index contributed by atoms with van der Waals surface area (Å²) in [5, 5.41) is 11.0. The zero-order chi connectivity index (χ0) is 48.0. The number of hydrogen-bond donors (Lipinski definition) is 0. The van der Waals surface area contributed by atoms with Gasteiger partial charge in [-0.3, -0.25) is 0 Å². The van der Waals surface area contributed by atoms with Gasteiger partial charge < -0.3 is 23.1 Å². The third kappa shape index (κ3) is 6.71. The van der Waals surface area contributed by atoms with Crippen LogP contribution in [0.1, 0.15) is 0 Å². The normalized spacial score (nSPS) is 11.8. The van der Waals surface area contributed by atoms with Gasteiger partial charge in [-0.2, -0.15) is 0 Å². The Kier molecular flexibility index (Phi) is 9.19. The van der Waals surface area contributed by atoms with Gasteiger partial charge in [-0.25, -0.2) is 0 Å². The first-order valence-electron chi connectivity index (χ1n) is 24.7. The smallest absolute Gasteiger partial charge is 0.143 e. The van der Waals surface area contributed by atoms with Crippen molar-refractivity contribution in [3.05, 3.63) is 255 Å². The molecule has 0 bridgehead atoms. The summed E-state index contributed by atoms with van der Waals surface area (Å²) in [6, 6.07) is 90.4. The summed E-state index contributed by atoms with van der Waals surface area (Å²) in [7, 11) is 0. The largest absolute Gasteiger partial charge is 0.456 e. The Morgan fingerprint density at radius 2 is 0.589 bits per heavy atom. The van der Waals surface area contributed by atoms with Gasteiger partial charge in [0.15, 0.2) is 0 Å². The SMILES string of the molecule is c1ccc(-c2ccc(N(c3ccc4c(c3)oc3c5ccc(N(c6ccc(-c7ccccc7)cc6)c6ccc7oc8ccccc8c7c6)cc5c5ccccc5c43)c3ccc4oc5ccccc5c4c3)cc2)cc1. The molecule has 15 rings (SSSR count). The second-order valence-corrected chi connectivity index (χ2v) is 18.8. The molecule has 0 fully saturated rings. The quantitative estimate of drug-likeness (QED) is 0.142. The van der Waals surface area contributed by atoms with Gasteiger partial charge in [0.2, 0.25) is 0 Å². The number of furan rings is 3. The van der Waals surface area contributed by atoms with Crippen LogP contribution < -0.4 is 9.80 Å². The Bertz CT molecular complexity index is 4610. The van der Waals surface area contributed by atoms with Crippen LogP contribution in [0.15, 0.2) is 268 Å². The molecule has 0 unspecified atom stereocenters. The average molecular weight is 935 g/mol. The summed E-state index contributed by atoms with van der Waals surface area (Å²) in [6.45, 7) is 0. The van der Waals surface area contributed by atoms with Gasteiger partial charge in [0.25, 0.3) is 0 Å². The Hall–Kier alpha value is -9.84. The van der Waals surface area contributed by atoms with E-state index in [1.807, 2.05) is 24.3 Å². The first-order chi connectivity index (χ1) is 36.2. The predicted octanol–water partition coefficient (Wildman–Crippen LogP) is 20.0. The molecule has 0 amide bonds. The third-order valence-corrected chi connectivity index (χ3v) is 14.6. The van der Waals surface area contributed by atoms with E-state index in [0.29, 0.717) is 0 Å². The highest BCUT2D eigenvalue weighted by molar-refractivity contribution is 6.30. The number of para-hydroxylation sites is 2. The summed E-state index contributed by atoms with van der Waals surface area (Å²) in [5.41, 5.74) is 16.0. The number of rotatable bonds is 8. The molecule has 0 aliphatic heterocycles. The van der Waals surface area contributed by atoms with E-state index in [4.69, 9.17) is 13.3 Å². The fraction of sp³-hybridized carbons (Fsp3) is 0. The monoisotopic (exact) mass is 934 g/mol. The van der Waals surface area contributed by atoms with E-state index >= 15 is 0 Å². The fourth-order valence-corrected chi connectivity index (χ4v) is 11.2. The van der Waals surface area contributed by atoms with Gasteiger partial charge in [-0.05, 0) is 142 Å². The molecule has 15 aromatic rings. The lowest BCUT2D eigenvalue weighted by Crippen LogP contribution is -2.09. The van der Waals surface area contributed by atoms with Gasteiger partial charge in [-0.1, -0.05) is 146 Å². The summed E-state index contributed by atoms with van der Waals surface area (Å²) in [5.74, 6) is 0. The molecule has 342 valence electrons. The van der Waals surface area contributed by atoms with E-state index in [2.05, 4.69) is 240 Å². The summed E-state index contributed by atoms with van der Waals surface area (Å²) in [6.07, 6.45) is 0. The minimum atomic E-state index is 0.816. The number of nitrogens with zero attached hydrogens (tertiary/aromatic N) is 2. The van der Waals surface area contributed by atoms with Crippen molar-refractivity contribution in [3.8, 4) is 22.3 Å². The third-order valence-electron chi connectivity index (χ3n) is 14.6. The number of fused-ring (bicyclic) bond motifs is 14. The lowest BCUT2D eigenvalue weighted by Gasteiger charge is -2.26. The van der Waals surface area contributed by atoms with Crippen molar-refractivity contribution in [1.29, 1.82) is 0 Å². The van der Waals surface area contributed by atoms with Crippen LogP contribution in [0.5, 0.6) is 0 Å². The minimum Gasteiger partial charge on any atom is -0.456 e. The van der Waals surface area contributed by atoms with Crippen LogP contribution in [0, 0.1) is 0 Å². The zero-order valence-electron chi connectivity index (χ0n) is 39.4. The van der Waals surface area contributed by atoms with Crippen molar-refractivity contribution in [2.24, 2.45) is 0 Å². The van der Waals surface area contributed by atoms with Crippen molar-refractivity contribution in [1.82, 2.24) is 0 Å². The molecule has 12 aromatic carbocycles. The molecule has 73 heavy (non-hydrogen) atoms. The molecule has 3 aromatic heterocycles. The molecule has 0 atom stereocenters. The van der Waals surface area contributed by atoms with Gasteiger partial charge in [0, 0.05) is 77.9 Å². The van der Waals surface area contributed by atoms with Crippen LogP contribution in [0.2, 0.25) is 0 Å². The van der Waals surface area contributed by atoms with Gasteiger partial charge in [-0.15, -0.1) is 0 Å². The van der Waals surface area contributed by atoms with Crippen molar-refractivity contribution < 1.29 is 13.3 Å². The van der Waals surface area contributed by atoms with Crippen LogP contribution in [0.25, 0.3) is 110 Å². The molecule has 0 saturated heterocycles. The van der Waals surface area contributed by atoms with Crippen molar-refractivity contribution in [2.75, 3.05) is 9.80 Å². The summed E-state index contributed by atoms with van der Waals surface area (Å²) < 4.78 is 19.8. The molecule has 0 N–H and O–H groups in total. The topological polar surface area (TPSA) is 45.9 Å². The molecule has 5 nitrogen and oxygen atoms in total. The van der Waals surface area contributed by atoms with Crippen molar-refractivity contribution in [2.45, 2.75) is 0 Å². The highest BCUT2D eigenvalue weighted by atomic mass is 16.3. The molecule has 0 saturated carbocycles. The van der Waals surface area contributed by atoms with Crippen LogP contribution in [0.3, 0.4) is 0 Å². The first kappa shape index (κ1) is 41.0. The lowest BCUT2D eigenvalue weighted by atomic mass is 9.96. The highest BCUT2D eigenvalue weighted by Crippen LogP contribution is 2.47. The van der Waals surface area contributed by atoms with E-state index in [1.165, 1.54) is 11.1 Å². The Morgan fingerprint density at radius 1 is 0.205 bits per heavy atom. The van der Waals surface area contributed by atoms with Crippen molar-refractivity contribution >= 4 is 121 Å². The average Bonchev–Trinajstić information content (AvgIpc) is 4.16. The first-order valence-corrected chi connectivity index (χ1v) is 24.7. The van der Waals surface area contributed by atoms with E-state index in [-0.39, 0.29) is 0 Å². The fourth-order valence-electron chi connectivity index (χ4n) is 11.2. The Balaban J connectivity index is 0.901. The van der Waals surface area contributed by atoms with Gasteiger partial charge >= 0.3 is 0 Å². The minimum absolute atomic E-state index is 0.816. The number of hydrogen-bond acceptors (Lipinski definition) is 5. The molecule has 0 spiro atoms. The standard InChI is InChI=1S/C68H42N2O3/c1-3-13-43(14-4-1)45-23-27-47(28-24-45)69(50-33-37-64-60(40-50)54-18-9-11-21-62(54)71-64)49-31-35-57-59(39-49)53-17-7-8-20-56(53)67-58-36-32-52(42-66(58)73-68(57)67)70(48-29-25-46(26-30-48)44-15-5-2-6-16-44)51-34-38-65-61(41-51)55-19-10-12-22-63(55)72-65/h1-42H. The van der Waals surface area contributed by atoms with Gasteiger partial charge in [0.05, 0.1) is 0 Å². The molecular formula is C68H42N2O3. The van der Waals surface area contributed by atoms with E-state index in [0.717, 1.165) is 133 Å². The van der Waals surface area contributed by atoms with E-state index in [1.54, 1.807) is 0 Å². The molecule has 5 heteroatoms. The second kappa shape index (κ2) is 16.4. The van der Waals surface area contributed by atoms with E-state index in [9.17, 15) is 0 Å². The maximum Gasteiger partial charge on any atom is 0.143 e. The van der Waals surface area contributed by atoms with Crippen LogP contribution >= 0.6 is 0 Å². The van der Waals surface area contributed by atoms with Crippen LogP contribution in [-0.2, 0) is 0 Å². The highest BCUT2D eigenvalue weighted by Gasteiger charge is 2.22. The Morgan fingerprint density at radius 3 is 1.12 bits per heavy atom. The van der Waals surface area contributed by atoms with E-state index < -0.39 is 0 Å². The molecule has 0 radical (unpaired) electrons. The number of anilines is 6. The van der Waals surface area contributed by atoms with Crippen LogP contribution in [-0.4, -0.2) is 0 Å². The molecule has 3 heterocycles. The van der Waals surface area contributed by atoms with Crippen LogP contribution in [0.4, 0.5) is 34.1 Å². The zero-order valence-corrected chi connectivity index (χ0v) is 39.4. The predicted molar refractivity (Wildman–Crippen MR) is 304 cm³/mol. The summed E-state index contributed by atoms with van der Waals surface area (Å²) >= 11 is 0. The number of benzene rings is 12. The lowest BCUT2D eigenvalue weighted by molar-refractivity contribution is 0.668. The maximum absolute atomic E-state index is 7.17. The maximum atomic E-state index is 7.17. The summed E-state index contributed by atoms with van der Waals surface area (Å²) in [4.78, 5) is 4.67. The Labute approximate surface area is 419 Å².